The van der Waals surface area contributed by atoms with E-state index in [2.05, 4.69) is 22.7 Å². The van der Waals surface area contributed by atoms with E-state index >= 15 is 0 Å². The second kappa shape index (κ2) is 6.12. The van der Waals surface area contributed by atoms with Crippen molar-refractivity contribution < 1.29 is 9.50 Å². The third-order valence-corrected chi connectivity index (χ3v) is 2.66. The van der Waals surface area contributed by atoms with Crippen LogP contribution in [-0.4, -0.2) is 16.4 Å². The lowest BCUT2D eigenvalue weighted by atomic mass is 10.0. The van der Waals surface area contributed by atoms with Gasteiger partial charge in [0.05, 0.1) is 6.21 Å². The zero-order chi connectivity index (χ0) is 14.5. The van der Waals surface area contributed by atoms with Crippen LogP contribution in [0.3, 0.4) is 0 Å². The highest BCUT2D eigenvalue weighted by Gasteiger charge is 2.04. The maximum absolute atomic E-state index is 13.2. The van der Waals surface area contributed by atoms with E-state index in [-0.39, 0.29) is 16.7 Å². The zero-order valence-electron chi connectivity index (χ0n) is 10.4. The fourth-order valence-corrected chi connectivity index (χ4v) is 1.72. The molecule has 2 aromatic carbocycles. The van der Waals surface area contributed by atoms with Gasteiger partial charge in [-0.15, -0.1) is 0 Å². The quantitative estimate of drug-likeness (QED) is 0.461. The molecule has 0 aromatic heterocycles. The predicted molar refractivity (Wildman–Crippen MR) is 81.0 cm³/mol. The number of thiocarbonyl (C=S) groups is 1. The lowest BCUT2D eigenvalue weighted by molar-refractivity contribution is 0.474. The molecule has 0 saturated heterocycles. The van der Waals surface area contributed by atoms with Crippen molar-refractivity contribution in [2.24, 2.45) is 10.8 Å². The number of hydrazone groups is 1. The largest absolute Gasteiger partial charge is 0.507 e. The van der Waals surface area contributed by atoms with Gasteiger partial charge in [0, 0.05) is 5.56 Å². The Balaban J connectivity index is 2.33. The summed E-state index contributed by atoms with van der Waals surface area (Å²) in [5.74, 6) is -0.264. The van der Waals surface area contributed by atoms with E-state index in [1.54, 1.807) is 24.3 Å². The number of phenols is 1. The van der Waals surface area contributed by atoms with E-state index in [0.717, 1.165) is 5.56 Å². The number of benzene rings is 2. The van der Waals surface area contributed by atoms with Crippen molar-refractivity contribution in [1.29, 1.82) is 0 Å². The second-order valence-corrected chi connectivity index (χ2v) is 4.46. The maximum atomic E-state index is 13.2. The minimum Gasteiger partial charge on any atom is -0.507 e. The number of hydrogen-bond acceptors (Lipinski definition) is 3. The molecule has 0 atom stereocenters. The van der Waals surface area contributed by atoms with Crippen LogP contribution >= 0.6 is 12.2 Å². The fraction of sp³-hybridized carbons (Fsp3) is 0. The summed E-state index contributed by atoms with van der Waals surface area (Å²) in [5.41, 5.74) is 9.57. The van der Waals surface area contributed by atoms with E-state index in [1.807, 2.05) is 0 Å². The number of hydrogen-bond donors (Lipinski definition) is 3. The van der Waals surface area contributed by atoms with Gasteiger partial charge < -0.3 is 10.8 Å². The Morgan fingerprint density at radius 2 is 2.00 bits per heavy atom. The SMILES string of the molecule is NC(=S)NN=Cc1cc(-c2cccc(F)c2)ccc1O. The van der Waals surface area contributed by atoms with E-state index in [9.17, 15) is 9.50 Å². The lowest BCUT2D eigenvalue weighted by Crippen LogP contribution is -2.23. The summed E-state index contributed by atoms with van der Waals surface area (Å²) in [6.45, 7) is 0. The molecule has 0 fully saturated rings. The number of rotatable bonds is 3. The average Bonchev–Trinajstić information content (AvgIpc) is 2.40. The molecule has 4 nitrogen and oxygen atoms in total. The molecule has 0 aliphatic heterocycles. The second-order valence-electron chi connectivity index (χ2n) is 4.02. The molecule has 0 aliphatic carbocycles. The first-order valence-corrected chi connectivity index (χ1v) is 6.14. The number of nitrogens with two attached hydrogens (primary N) is 1. The Hall–Kier alpha value is -2.47. The van der Waals surface area contributed by atoms with E-state index in [0.29, 0.717) is 11.1 Å². The van der Waals surface area contributed by atoms with Gasteiger partial charge >= 0.3 is 0 Å². The van der Waals surface area contributed by atoms with E-state index in [4.69, 9.17) is 5.73 Å². The fourth-order valence-electron chi connectivity index (χ4n) is 1.67. The summed E-state index contributed by atoms with van der Waals surface area (Å²) in [5, 5.41) is 13.6. The van der Waals surface area contributed by atoms with Gasteiger partial charge in [-0.2, -0.15) is 5.10 Å². The van der Waals surface area contributed by atoms with Gasteiger partial charge in [-0.05, 0) is 47.6 Å². The van der Waals surface area contributed by atoms with Crippen molar-refractivity contribution in [1.82, 2.24) is 5.43 Å². The molecule has 0 aliphatic rings. The average molecular weight is 289 g/mol. The zero-order valence-corrected chi connectivity index (χ0v) is 11.2. The van der Waals surface area contributed by atoms with Gasteiger partial charge in [-0.3, -0.25) is 5.43 Å². The van der Waals surface area contributed by atoms with Gasteiger partial charge in [0.15, 0.2) is 5.11 Å². The molecule has 0 radical (unpaired) electrons. The van der Waals surface area contributed by atoms with Crippen LogP contribution in [0.5, 0.6) is 5.75 Å². The summed E-state index contributed by atoms with van der Waals surface area (Å²) >= 11 is 4.61. The summed E-state index contributed by atoms with van der Waals surface area (Å²) in [6.07, 6.45) is 1.39. The van der Waals surface area contributed by atoms with Crippen LogP contribution in [0.2, 0.25) is 0 Å². The smallest absolute Gasteiger partial charge is 0.184 e. The van der Waals surface area contributed by atoms with E-state index < -0.39 is 0 Å². The van der Waals surface area contributed by atoms with E-state index in [1.165, 1.54) is 24.4 Å². The predicted octanol–water partition coefficient (Wildman–Crippen LogP) is 2.37. The summed E-state index contributed by atoms with van der Waals surface area (Å²) in [7, 11) is 0. The van der Waals surface area contributed by atoms with Crippen LogP contribution in [0.25, 0.3) is 11.1 Å². The van der Waals surface area contributed by atoms with Gasteiger partial charge in [0.2, 0.25) is 0 Å². The molecule has 2 rings (SSSR count). The molecule has 0 heterocycles. The molecule has 0 saturated carbocycles. The van der Waals surface area contributed by atoms with Crippen molar-refractivity contribution in [3.05, 3.63) is 53.8 Å². The van der Waals surface area contributed by atoms with Crippen molar-refractivity contribution in [2.75, 3.05) is 0 Å². The minimum absolute atomic E-state index is 0.0297. The highest BCUT2D eigenvalue weighted by Crippen LogP contribution is 2.25. The molecule has 102 valence electrons. The van der Waals surface area contributed by atoms with Crippen molar-refractivity contribution >= 4 is 23.5 Å². The van der Waals surface area contributed by atoms with Crippen LogP contribution in [0, 0.1) is 5.82 Å². The summed E-state index contributed by atoms with van der Waals surface area (Å²) in [6, 6.07) is 11.1. The number of aromatic hydroxyl groups is 1. The molecule has 4 N–H and O–H groups in total. The van der Waals surface area contributed by atoms with Gasteiger partial charge in [0.1, 0.15) is 11.6 Å². The summed E-state index contributed by atoms with van der Waals surface area (Å²) in [4.78, 5) is 0. The van der Waals surface area contributed by atoms with Gasteiger partial charge in [-0.1, -0.05) is 18.2 Å². The Labute approximate surface area is 120 Å². The Kier molecular flexibility index (Phi) is 4.27. The normalized spacial score (nSPS) is 10.7. The third kappa shape index (κ3) is 3.52. The Morgan fingerprint density at radius 1 is 1.25 bits per heavy atom. The molecule has 0 bridgehead atoms. The molecule has 0 unspecified atom stereocenters. The van der Waals surface area contributed by atoms with Crippen LogP contribution in [0.1, 0.15) is 5.56 Å². The minimum atomic E-state index is -0.319. The molecule has 6 heteroatoms. The third-order valence-electron chi connectivity index (χ3n) is 2.56. The van der Waals surface area contributed by atoms with Crippen LogP contribution in [0.15, 0.2) is 47.6 Å². The van der Waals surface area contributed by atoms with Gasteiger partial charge in [-0.25, -0.2) is 4.39 Å². The molecule has 0 spiro atoms. The first kappa shape index (κ1) is 14.0. The molecule has 0 amide bonds. The standard InChI is InChI=1S/C14H12FN3OS/c15-12-3-1-2-9(7-12)10-4-5-13(19)11(6-10)8-17-18-14(16)20/h1-8,19H,(H3,16,18,20). The molecular weight excluding hydrogens is 277 g/mol. The lowest BCUT2D eigenvalue weighted by Gasteiger charge is -2.05. The monoisotopic (exact) mass is 289 g/mol. The molecule has 20 heavy (non-hydrogen) atoms. The van der Waals surface area contributed by atoms with Gasteiger partial charge in [0.25, 0.3) is 0 Å². The number of nitrogens with zero attached hydrogens (tertiary/aromatic N) is 1. The first-order chi connectivity index (χ1) is 9.56. The summed E-state index contributed by atoms with van der Waals surface area (Å²) < 4.78 is 13.2. The Bertz CT molecular complexity index is 673. The Morgan fingerprint density at radius 3 is 2.70 bits per heavy atom. The number of nitrogens with one attached hydrogen (secondary N) is 1. The van der Waals surface area contributed by atoms with Crippen LogP contribution in [0.4, 0.5) is 4.39 Å². The maximum Gasteiger partial charge on any atom is 0.184 e. The number of phenolic OH excluding ortho intramolecular Hbond substituents is 1. The van der Waals surface area contributed by atoms with Crippen molar-refractivity contribution in [2.45, 2.75) is 0 Å². The highest BCUT2D eigenvalue weighted by molar-refractivity contribution is 7.80. The molecule has 2 aromatic rings. The van der Waals surface area contributed by atoms with Crippen molar-refractivity contribution in [3.63, 3.8) is 0 Å². The van der Waals surface area contributed by atoms with Crippen LogP contribution in [-0.2, 0) is 0 Å². The van der Waals surface area contributed by atoms with Crippen LogP contribution < -0.4 is 11.2 Å². The van der Waals surface area contributed by atoms with Crippen molar-refractivity contribution in [3.8, 4) is 16.9 Å². The topological polar surface area (TPSA) is 70.6 Å². The molecular formula is C14H12FN3OS. The highest BCUT2D eigenvalue weighted by atomic mass is 32.1. The first-order valence-electron chi connectivity index (χ1n) is 5.74. The number of halogens is 1.